The number of ether oxygens (including phenoxy) is 1. The van der Waals surface area contributed by atoms with E-state index in [1.54, 1.807) is 0 Å². The van der Waals surface area contributed by atoms with Gasteiger partial charge < -0.3 is 15.4 Å². The lowest BCUT2D eigenvalue weighted by Crippen LogP contribution is -2.34. The molecule has 4 nitrogen and oxygen atoms in total. The number of carbonyl (C=O) groups excluding carboxylic acids is 1. The highest BCUT2D eigenvalue weighted by Crippen LogP contribution is 2.44. The van der Waals surface area contributed by atoms with Gasteiger partial charge in [-0.3, -0.25) is 4.79 Å². The van der Waals surface area contributed by atoms with Gasteiger partial charge in [-0.25, -0.2) is 0 Å². The highest BCUT2D eigenvalue weighted by molar-refractivity contribution is 5.76. The minimum Gasteiger partial charge on any atom is -0.378 e. The van der Waals surface area contributed by atoms with Gasteiger partial charge >= 0.3 is 0 Å². The molecule has 2 N–H and O–H groups in total. The van der Waals surface area contributed by atoms with Gasteiger partial charge in [-0.2, -0.15) is 0 Å². The molecule has 1 unspecified atom stereocenters. The van der Waals surface area contributed by atoms with Gasteiger partial charge in [-0.15, -0.1) is 0 Å². The van der Waals surface area contributed by atoms with Crippen molar-refractivity contribution < 1.29 is 9.53 Å². The molecule has 1 aliphatic carbocycles. The second-order valence-corrected chi connectivity index (χ2v) is 5.88. The lowest BCUT2D eigenvalue weighted by atomic mass is 10.1. The monoisotopic (exact) mass is 240 g/mol. The molecule has 2 rings (SSSR count). The molecule has 1 saturated carbocycles. The van der Waals surface area contributed by atoms with E-state index in [1.165, 1.54) is 0 Å². The SMILES string of the molecule is CC1(C)CC1NC(=O)CCOC1CCNCC1. The van der Waals surface area contributed by atoms with Crippen LogP contribution in [0.15, 0.2) is 0 Å². The van der Waals surface area contributed by atoms with E-state index in [4.69, 9.17) is 4.74 Å². The summed E-state index contributed by atoms with van der Waals surface area (Å²) in [5.74, 6) is 0.134. The van der Waals surface area contributed by atoms with Crippen LogP contribution in [0.4, 0.5) is 0 Å². The number of hydrogen-bond donors (Lipinski definition) is 2. The van der Waals surface area contributed by atoms with Crippen LogP contribution in [0, 0.1) is 5.41 Å². The zero-order valence-corrected chi connectivity index (χ0v) is 10.9. The van der Waals surface area contributed by atoms with Gasteiger partial charge in [0.05, 0.1) is 12.7 Å². The van der Waals surface area contributed by atoms with Crippen molar-refractivity contribution in [3.63, 3.8) is 0 Å². The van der Waals surface area contributed by atoms with Crippen molar-refractivity contribution in [3.8, 4) is 0 Å². The minimum atomic E-state index is 0.134. The Bertz CT molecular complexity index is 273. The summed E-state index contributed by atoms with van der Waals surface area (Å²) in [4.78, 5) is 11.6. The molecule has 0 radical (unpaired) electrons. The van der Waals surface area contributed by atoms with E-state index in [9.17, 15) is 4.79 Å². The van der Waals surface area contributed by atoms with Gasteiger partial charge in [-0.1, -0.05) is 13.8 Å². The van der Waals surface area contributed by atoms with Crippen LogP contribution in [-0.4, -0.2) is 37.7 Å². The number of nitrogens with one attached hydrogen (secondary N) is 2. The highest BCUT2D eigenvalue weighted by atomic mass is 16.5. The van der Waals surface area contributed by atoms with Gasteiger partial charge in [0.15, 0.2) is 0 Å². The van der Waals surface area contributed by atoms with Crippen LogP contribution < -0.4 is 10.6 Å². The smallest absolute Gasteiger partial charge is 0.222 e. The standard InChI is InChI=1S/C13H24N2O2/c1-13(2)9-11(13)15-12(16)5-8-17-10-3-6-14-7-4-10/h10-11,14H,3-9H2,1-2H3,(H,15,16). The Labute approximate surface area is 103 Å². The third-order valence-electron chi connectivity index (χ3n) is 3.82. The summed E-state index contributed by atoms with van der Waals surface area (Å²) >= 11 is 0. The van der Waals surface area contributed by atoms with Gasteiger partial charge in [-0.05, 0) is 37.8 Å². The van der Waals surface area contributed by atoms with E-state index in [1.807, 2.05) is 0 Å². The maximum atomic E-state index is 11.6. The van der Waals surface area contributed by atoms with E-state index in [0.29, 0.717) is 30.6 Å². The second-order valence-electron chi connectivity index (χ2n) is 5.88. The Hall–Kier alpha value is -0.610. The predicted octanol–water partition coefficient (Wildman–Crippen LogP) is 1.06. The van der Waals surface area contributed by atoms with Gasteiger partial charge in [0.25, 0.3) is 0 Å². The van der Waals surface area contributed by atoms with Crippen LogP contribution in [0.5, 0.6) is 0 Å². The molecule has 1 heterocycles. The van der Waals surface area contributed by atoms with Crippen LogP contribution >= 0.6 is 0 Å². The average molecular weight is 240 g/mol. The fourth-order valence-corrected chi connectivity index (χ4v) is 2.26. The van der Waals surface area contributed by atoms with Crippen molar-refractivity contribution in [1.29, 1.82) is 0 Å². The fraction of sp³-hybridized carbons (Fsp3) is 0.923. The largest absolute Gasteiger partial charge is 0.378 e. The molecule has 0 bridgehead atoms. The molecule has 17 heavy (non-hydrogen) atoms. The van der Waals surface area contributed by atoms with Crippen LogP contribution in [-0.2, 0) is 9.53 Å². The van der Waals surface area contributed by atoms with Gasteiger partial charge in [0.1, 0.15) is 0 Å². The maximum Gasteiger partial charge on any atom is 0.222 e. The zero-order chi connectivity index (χ0) is 12.3. The number of rotatable bonds is 5. The third kappa shape index (κ3) is 3.96. The minimum absolute atomic E-state index is 0.134. The average Bonchev–Trinajstić information content (AvgIpc) is 2.87. The topological polar surface area (TPSA) is 50.4 Å². The van der Waals surface area contributed by atoms with E-state index in [2.05, 4.69) is 24.5 Å². The van der Waals surface area contributed by atoms with Crippen molar-refractivity contribution in [2.24, 2.45) is 5.41 Å². The quantitative estimate of drug-likeness (QED) is 0.755. The van der Waals surface area contributed by atoms with E-state index in [-0.39, 0.29) is 5.91 Å². The number of amides is 1. The summed E-state index contributed by atoms with van der Waals surface area (Å²) in [6, 6.07) is 0.383. The lowest BCUT2D eigenvalue weighted by Gasteiger charge is -2.22. The molecule has 0 aromatic rings. The second kappa shape index (κ2) is 5.36. The van der Waals surface area contributed by atoms with Gasteiger partial charge in [0, 0.05) is 12.5 Å². The van der Waals surface area contributed by atoms with Gasteiger partial charge in [0.2, 0.25) is 5.91 Å². The maximum absolute atomic E-state index is 11.6. The Morgan fingerprint density at radius 2 is 2.06 bits per heavy atom. The third-order valence-corrected chi connectivity index (χ3v) is 3.82. The Morgan fingerprint density at radius 1 is 1.41 bits per heavy atom. The molecular formula is C13H24N2O2. The molecule has 1 amide bonds. The van der Waals surface area contributed by atoms with Crippen molar-refractivity contribution >= 4 is 5.91 Å². The predicted molar refractivity (Wildman–Crippen MR) is 66.8 cm³/mol. The summed E-state index contributed by atoms with van der Waals surface area (Å²) < 4.78 is 5.71. The molecule has 1 aliphatic heterocycles. The summed E-state index contributed by atoms with van der Waals surface area (Å²) in [5.41, 5.74) is 0.311. The molecule has 1 atom stereocenters. The molecule has 2 fully saturated rings. The first kappa shape index (κ1) is 12.8. The molecular weight excluding hydrogens is 216 g/mol. The molecule has 0 aromatic heterocycles. The van der Waals surface area contributed by atoms with Crippen LogP contribution in [0.25, 0.3) is 0 Å². The highest BCUT2D eigenvalue weighted by Gasteiger charge is 2.46. The summed E-state index contributed by atoms with van der Waals surface area (Å²) in [7, 11) is 0. The van der Waals surface area contributed by atoms with Crippen LogP contribution in [0.3, 0.4) is 0 Å². The molecule has 1 saturated heterocycles. The summed E-state index contributed by atoms with van der Waals surface area (Å²) in [6.45, 7) is 7.00. The van der Waals surface area contributed by atoms with Crippen molar-refractivity contribution in [2.75, 3.05) is 19.7 Å². The zero-order valence-electron chi connectivity index (χ0n) is 10.9. The Kier molecular flexibility index (Phi) is 4.05. The fourth-order valence-electron chi connectivity index (χ4n) is 2.26. The van der Waals surface area contributed by atoms with Crippen molar-refractivity contribution in [3.05, 3.63) is 0 Å². The molecule has 0 spiro atoms. The number of hydrogen-bond acceptors (Lipinski definition) is 3. The summed E-state index contributed by atoms with van der Waals surface area (Å²) in [6.07, 6.45) is 4.08. The first-order valence-corrected chi connectivity index (χ1v) is 6.69. The molecule has 4 heteroatoms. The first-order chi connectivity index (χ1) is 8.08. The number of carbonyl (C=O) groups is 1. The van der Waals surface area contributed by atoms with E-state index >= 15 is 0 Å². The van der Waals surface area contributed by atoms with Crippen LogP contribution in [0.2, 0.25) is 0 Å². The molecule has 2 aliphatic rings. The molecule has 98 valence electrons. The number of piperidine rings is 1. The normalized spacial score (nSPS) is 27.8. The Balaban J connectivity index is 1.54. The van der Waals surface area contributed by atoms with Crippen molar-refractivity contribution in [1.82, 2.24) is 10.6 Å². The summed E-state index contributed by atoms with van der Waals surface area (Å²) in [5, 5.41) is 6.35. The molecule has 0 aromatic carbocycles. The first-order valence-electron chi connectivity index (χ1n) is 6.69. The Morgan fingerprint density at radius 3 is 2.65 bits per heavy atom. The van der Waals surface area contributed by atoms with Crippen molar-refractivity contribution in [2.45, 2.75) is 51.7 Å². The van der Waals surface area contributed by atoms with E-state index in [0.717, 1.165) is 32.4 Å². The lowest BCUT2D eigenvalue weighted by molar-refractivity contribution is -0.123. The van der Waals surface area contributed by atoms with Crippen LogP contribution in [0.1, 0.15) is 39.5 Å². The van der Waals surface area contributed by atoms with E-state index < -0.39 is 0 Å².